The number of piperidine rings is 1. The zero-order valence-corrected chi connectivity index (χ0v) is 10.6. The highest BCUT2D eigenvalue weighted by Crippen LogP contribution is 2.29. The molecule has 2 saturated heterocycles. The van der Waals surface area contributed by atoms with E-state index in [1.807, 2.05) is 0 Å². The van der Waals surface area contributed by atoms with E-state index in [2.05, 4.69) is 23.8 Å². The van der Waals surface area contributed by atoms with Crippen molar-refractivity contribution < 1.29 is 4.74 Å². The monoisotopic (exact) mass is 227 g/mol. The van der Waals surface area contributed by atoms with Crippen LogP contribution in [0, 0.1) is 0 Å². The van der Waals surface area contributed by atoms with Gasteiger partial charge in [-0.05, 0) is 33.4 Å². The Kier molecular flexibility index (Phi) is 3.85. The molecule has 2 aliphatic rings. The number of ether oxygens (including phenoxy) is 1. The minimum absolute atomic E-state index is 0.191. The Balaban J connectivity index is 2.12. The van der Waals surface area contributed by atoms with Crippen molar-refractivity contribution in [3.05, 3.63) is 0 Å². The number of nitrogens with two attached hydrogens (primary N) is 1. The molecule has 16 heavy (non-hydrogen) atoms. The van der Waals surface area contributed by atoms with E-state index in [1.54, 1.807) is 0 Å². The van der Waals surface area contributed by atoms with Gasteiger partial charge in [0.2, 0.25) is 0 Å². The fourth-order valence-corrected chi connectivity index (χ4v) is 3.29. The fourth-order valence-electron chi connectivity index (χ4n) is 3.29. The summed E-state index contributed by atoms with van der Waals surface area (Å²) in [5.41, 5.74) is 6.28. The summed E-state index contributed by atoms with van der Waals surface area (Å²) in [5.74, 6) is 0. The van der Waals surface area contributed by atoms with Gasteiger partial charge < -0.3 is 15.4 Å². The highest BCUT2D eigenvalue weighted by molar-refractivity contribution is 4.99. The van der Waals surface area contributed by atoms with E-state index >= 15 is 0 Å². The van der Waals surface area contributed by atoms with Gasteiger partial charge in [-0.15, -0.1) is 0 Å². The van der Waals surface area contributed by atoms with Crippen LogP contribution in [-0.4, -0.2) is 67.8 Å². The molecule has 94 valence electrons. The van der Waals surface area contributed by atoms with Crippen LogP contribution in [0.1, 0.15) is 19.8 Å². The zero-order chi connectivity index (χ0) is 11.6. The summed E-state index contributed by atoms with van der Waals surface area (Å²) >= 11 is 0. The van der Waals surface area contributed by atoms with Crippen molar-refractivity contribution in [2.24, 2.45) is 5.73 Å². The van der Waals surface area contributed by atoms with E-state index in [-0.39, 0.29) is 5.54 Å². The highest BCUT2D eigenvalue weighted by atomic mass is 16.5. The van der Waals surface area contributed by atoms with Gasteiger partial charge in [0.05, 0.1) is 13.2 Å². The van der Waals surface area contributed by atoms with Crippen molar-refractivity contribution >= 4 is 0 Å². The van der Waals surface area contributed by atoms with Gasteiger partial charge in [0.1, 0.15) is 0 Å². The molecule has 0 spiro atoms. The minimum Gasteiger partial charge on any atom is -0.379 e. The quantitative estimate of drug-likeness (QED) is 0.728. The van der Waals surface area contributed by atoms with Gasteiger partial charge in [-0.3, -0.25) is 4.90 Å². The van der Waals surface area contributed by atoms with Crippen LogP contribution >= 0.6 is 0 Å². The van der Waals surface area contributed by atoms with Gasteiger partial charge in [0.25, 0.3) is 0 Å². The van der Waals surface area contributed by atoms with E-state index in [4.69, 9.17) is 10.5 Å². The van der Waals surface area contributed by atoms with Gasteiger partial charge in [0, 0.05) is 31.2 Å². The second kappa shape index (κ2) is 5.00. The number of nitrogens with zero attached hydrogens (tertiary/aromatic N) is 2. The Bertz CT molecular complexity index is 236. The molecule has 2 aliphatic heterocycles. The Morgan fingerprint density at radius 3 is 2.88 bits per heavy atom. The number of rotatable bonds is 2. The van der Waals surface area contributed by atoms with Gasteiger partial charge in [-0.1, -0.05) is 0 Å². The molecule has 0 radical (unpaired) electrons. The van der Waals surface area contributed by atoms with Crippen LogP contribution in [0.5, 0.6) is 0 Å². The predicted molar refractivity (Wildman–Crippen MR) is 65.5 cm³/mol. The fraction of sp³-hybridized carbons (Fsp3) is 1.00. The Labute approximate surface area is 98.7 Å². The lowest BCUT2D eigenvalue weighted by Crippen LogP contribution is -2.66. The Hall–Kier alpha value is -0.160. The molecule has 0 saturated carbocycles. The Morgan fingerprint density at radius 2 is 2.25 bits per heavy atom. The topological polar surface area (TPSA) is 41.7 Å². The largest absolute Gasteiger partial charge is 0.379 e. The van der Waals surface area contributed by atoms with Crippen molar-refractivity contribution in [1.29, 1.82) is 0 Å². The molecule has 2 rings (SSSR count). The summed E-state index contributed by atoms with van der Waals surface area (Å²) < 4.78 is 5.52. The lowest BCUT2D eigenvalue weighted by atomic mass is 9.86. The van der Waals surface area contributed by atoms with E-state index in [0.717, 1.165) is 32.8 Å². The maximum absolute atomic E-state index is 6.08. The van der Waals surface area contributed by atoms with Crippen LogP contribution in [-0.2, 0) is 4.74 Å². The molecule has 2 unspecified atom stereocenters. The number of likely N-dealkylation sites (N-methyl/N-ethyl adjacent to an activating group) is 1. The average Bonchev–Trinajstić information content (AvgIpc) is 2.29. The molecule has 0 bridgehead atoms. The van der Waals surface area contributed by atoms with Gasteiger partial charge in [0.15, 0.2) is 0 Å². The zero-order valence-electron chi connectivity index (χ0n) is 10.6. The third kappa shape index (κ3) is 2.25. The molecule has 2 fully saturated rings. The summed E-state index contributed by atoms with van der Waals surface area (Å²) in [7, 11) is 2.20. The van der Waals surface area contributed by atoms with Crippen LogP contribution < -0.4 is 5.73 Å². The molecule has 4 heteroatoms. The molecule has 2 atom stereocenters. The van der Waals surface area contributed by atoms with Crippen molar-refractivity contribution in [1.82, 2.24) is 9.80 Å². The highest BCUT2D eigenvalue weighted by Gasteiger charge is 2.41. The summed E-state index contributed by atoms with van der Waals surface area (Å²) in [5, 5.41) is 0. The molecule has 4 nitrogen and oxygen atoms in total. The van der Waals surface area contributed by atoms with Gasteiger partial charge in [-0.25, -0.2) is 0 Å². The van der Waals surface area contributed by atoms with E-state index in [9.17, 15) is 0 Å². The first-order valence-corrected chi connectivity index (χ1v) is 6.41. The van der Waals surface area contributed by atoms with Crippen LogP contribution in [0.2, 0.25) is 0 Å². The van der Waals surface area contributed by atoms with Crippen molar-refractivity contribution in [3.8, 4) is 0 Å². The molecule has 2 heterocycles. The lowest BCUT2D eigenvalue weighted by molar-refractivity contribution is -0.0769. The number of likely N-dealkylation sites (tertiary alicyclic amines) is 1. The summed E-state index contributed by atoms with van der Waals surface area (Å²) in [6.45, 7) is 8.08. The van der Waals surface area contributed by atoms with Crippen molar-refractivity contribution in [3.63, 3.8) is 0 Å². The van der Waals surface area contributed by atoms with Crippen molar-refractivity contribution in [2.45, 2.75) is 31.3 Å². The average molecular weight is 227 g/mol. The molecule has 0 aromatic heterocycles. The first-order chi connectivity index (χ1) is 7.68. The Morgan fingerprint density at radius 1 is 1.44 bits per heavy atom. The SMILES string of the molecule is CC1COCCN1C1(CN)CCCN(C)C1. The first-order valence-electron chi connectivity index (χ1n) is 6.41. The van der Waals surface area contributed by atoms with Crippen LogP contribution in [0.4, 0.5) is 0 Å². The van der Waals surface area contributed by atoms with E-state index in [1.165, 1.54) is 19.4 Å². The molecule has 0 aliphatic carbocycles. The van der Waals surface area contributed by atoms with Crippen LogP contribution in [0.25, 0.3) is 0 Å². The first kappa shape index (κ1) is 12.3. The maximum Gasteiger partial charge on any atom is 0.0620 e. The maximum atomic E-state index is 6.08. The number of hydrogen-bond acceptors (Lipinski definition) is 4. The summed E-state index contributed by atoms with van der Waals surface area (Å²) in [6, 6.07) is 0.504. The third-order valence-corrected chi connectivity index (χ3v) is 4.10. The van der Waals surface area contributed by atoms with Gasteiger partial charge in [-0.2, -0.15) is 0 Å². The molecule has 0 amide bonds. The van der Waals surface area contributed by atoms with Gasteiger partial charge >= 0.3 is 0 Å². The van der Waals surface area contributed by atoms with Crippen LogP contribution in [0.3, 0.4) is 0 Å². The molecule has 0 aromatic rings. The molecule has 2 N–H and O–H groups in total. The molecular weight excluding hydrogens is 202 g/mol. The lowest BCUT2D eigenvalue weighted by Gasteiger charge is -2.52. The van der Waals surface area contributed by atoms with E-state index in [0.29, 0.717) is 6.04 Å². The second-order valence-corrected chi connectivity index (χ2v) is 5.39. The normalized spacial score (nSPS) is 38.8. The summed E-state index contributed by atoms with van der Waals surface area (Å²) in [6.07, 6.45) is 2.50. The molecule has 0 aromatic carbocycles. The standard InChI is InChI=1S/C12H25N3O/c1-11-8-16-7-6-15(11)12(9-13)4-3-5-14(2)10-12/h11H,3-10,13H2,1-2H3. The van der Waals surface area contributed by atoms with Crippen molar-refractivity contribution in [2.75, 3.05) is 46.4 Å². The smallest absolute Gasteiger partial charge is 0.0620 e. The molecular formula is C12H25N3O. The third-order valence-electron chi connectivity index (χ3n) is 4.10. The summed E-state index contributed by atoms with van der Waals surface area (Å²) in [4.78, 5) is 5.00. The van der Waals surface area contributed by atoms with E-state index < -0.39 is 0 Å². The number of hydrogen-bond donors (Lipinski definition) is 1. The minimum atomic E-state index is 0.191. The van der Waals surface area contributed by atoms with Crippen LogP contribution in [0.15, 0.2) is 0 Å². The number of morpholine rings is 1. The second-order valence-electron chi connectivity index (χ2n) is 5.39. The predicted octanol–water partition coefficient (Wildman–Crippen LogP) is 0.130.